The first-order valence-corrected chi connectivity index (χ1v) is 5.15. The minimum absolute atomic E-state index is 0.121. The summed E-state index contributed by atoms with van der Waals surface area (Å²) in [5.41, 5.74) is 8.78. The van der Waals surface area contributed by atoms with E-state index in [-0.39, 0.29) is 6.61 Å². The van der Waals surface area contributed by atoms with Crippen LogP contribution in [-0.2, 0) is 0 Å². The van der Waals surface area contributed by atoms with E-state index < -0.39 is 6.04 Å². The fraction of sp³-hybridized carbons (Fsp3) is 0.500. The van der Waals surface area contributed by atoms with Crippen molar-refractivity contribution in [1.29, 1.82) is 0 Å². The van der Waals surface area contributed by atoms with Gasteiger partial charge in [-0.05, 0) is 31.0 Å². The summed E-state index contributed by atoms with van der Waals surface area (Å²) in [7, 11) is 3.15. The molecule has 0 amide bonds. The van der Waals surface area contributed by atoms with Crippen molar-refractivity contribution >= 4 is 0 Å². The third-order valence-corrected chi connectivity index (χ3v) is 2.80. The van der Waals surface area contributed by atoms with Gasteiger partial charge in [0.2, 0.25) is 0 Å². The highest BCUT2D eigenvalue weighted by molar-refractivity contribution is 5.55. The van der Waals surface area contributed by atoms with Gasteiger partial charge in [-0.3, -0.25) is 0 Å². The quantitative estimate of drug-likeness (QED) is 0.811. The van der Waals surface area contributed by atoms with Crippen molar-refractivity contribution in [1.82, 2.24) is 0 Å². The van der Waals surface area contributed by atoms with Gasteiger partial charge in [-0.15, -0.1) is 0 Å². The Morgan fingerprint density at radius 1 is 1.31 bits per heavy atom. The molecule has 0 saturated heterocycles. The largest absolute Gasteiger partial charge is 0.493 e. The number of ether oxygens (including phenoxy) is 2. The van der Waals surface area contributed by atoms with Crippen LogP contribution in [0.15, 0.2) is 6.07 Å². The molecule has 1 unspecified atom stereocenters. The topological polar surface area (TPSA) is 64.7 Å². The lowest BCUT2D eigenvalue weighted by molar-refractivity contribution is 0.262. The fourth-order valence-corrected chi connectivity index (χ4v) is 1.79. The van der Waals surface area contributed by atoms with Gasteiger partial charge in [0.1, 0.15) is 0 Å². The van der Waals surface area contributed by atoms with E-state index >= 15 is 0 Å². The predicted octanol–water partition coefficient (Wildman–Crippen LogP) is 1.31. The summed E-state index contributed by atoms with van der Waals surface area (Å²) in [5, 5.41) is 9.17. The second-order valence-electron chi connectivity index (χ2n) is 3.76. The number of rotatable bonds is 4. The molecule has 0 aliphatic heterocycles. The highest BCUT2D eigenvalue weighted by atomic mass is 16.5. The molecule has 0 spiro atoms. The summed E-state index contributed by atoms with van der Waals surface area (Å²) in [6.07, 6.45) is 0. The standard InChI is InChI=1S/C12H19NO3/c1-7-5-10(15-3)12(16-4)11(8(7)2)9(13)6-14/h5,9,14H,6,13H2,1-4H3. The Kier molecular flexibility index (Phi) is 4.15. The summed E-state index contributed by atoms with van der Waals surface area (Å²) in [6.45, 7) is 3.82. The average Bonchev–Trinajstić information content (AvgIpc) is 2.30. The Bertz CT molecular complexity index is 377. The summed E-state index contributed by atoms with van der Waals surface area (Å²) in [6, 6.07) is 1.45. The first-order valence-electron chi connectivity index (χ1n) is 5.15. The van der Waals surface area contributed by atoms with Gasteiger partial charge in [0.05, 0.1) is 26.9 Å². The van der Waals surface area contributed by atoms with Gasteiger partial charge in [0.15, 0.2) is 11.5 Å². The lowest BCUT2D eigenvalue weighted by Gasteiger charge is -2.20. The van der Waals surface area contributed by atoms with Crippen molar-refractivity contribution in [3.05, 3.63) is 22.8 Å². The van der Waals surface area contributed by atoms with Gasteiger partial charge in [-0.2, -0.15) is 0 Å². The number of hydrogen-bond donors (Lipinski definition) is 2. The molecule has 0 heterocycles. The summed E-state index contributed by atoms with van der Waals surface area (Å²) >= 11 is 0. The SMILES string of the molecule is COc1cc(C)c(C)c(C(N)CO)c1OC. The molecule has 4 nitrogen and oxygen atoms in total. The van der Waals surface area contributed by atoms with E-state index in [9.17, 15) is 0 Å². The first-order chi connectivity index (χ1) is 7.56. The highest BCUT2D eigenvalue weighted by Gasteiger charge is 2.19. The molecule has 0 bridgehead atoms. The zero-order chi connectivity index (χ0) is 12.3. The Morgan fingerprint density at radius 3 is 2.38 bits per heavy atom. The van der Waals surface area contributed by atoms with Gasteiger partial charge in [0, 0.05) is 5.56 Å². The highest BCUT2D eigenvalue weighted by Crippen LogP contribution is 2.38. The third kappa shape index (κ3) is 2.13. The predicted molar refractivity (Wildman–Crippen MR) is 63.0 cm³/mol. The molecule has 1 aromatic carbocycles. The number of nitrogens with two attached hydrogens (primary N) is 1. The molecule has 16 heavy (non-hydrogen) atoms. The molecule has 0 fully saturated rings. The summed E-state index contributed by atoms with van der Waals surface area (Å²) < 4.78 is 10.6. The van der Waals surface area contributed by atoms with Gasteiger partial charge in [-0.1, -0.05) is 0 Å². The maximum Gasteiger partial charge on any atom is 0.165 e. The van der Waals surface area contributed by atoms with Crippen LogP contribution >= 0.6 is 0 Å². The molecule has 0 radical (unpaired) electrons. The smallest absolute Gasteiger partial charge is 0.165 e. The van der Waals surface area contributed by atoms with E-state index in [2.05, 4.69) is 0 Å². The summed E-state index contributed by atoms with van der Waals surface area (Å²) in [4.78, 5) is 0. The van der Waals surface area contributed by atoms with Crippen LogP contribution in [0.4, 0.5) is 0 Å². The second kappa shape index (κ2) is 5.18. The zero-order valence-electron chi connectivity index (χ0n) is 10.2. The van der Waals surface area contributed by atoms with Crippen LogP contribution < -0.4 is 15.2 Å². The van der Waals surface area contributed by atoms with Crippen molar-refractivity contribution < 1.29 is 14.6 Å². The van der Waals surface area contributed by atoms with Crippen LogP contribution in [0.3, 0.4) is 0 Å². The number of aryl methyl sites for hydroxylation is 1. The zero-order valence-corrected chi connectivity index (χ0v) is 10.2. The lowest BCUT2D eigenvalue weighted by Crippen LogP contribution is -2.18. The summed E-state index contributed by atoms with van der Waals surface area (Å²) in [5.74, 6) is 1.25. The van der Waals surface area contributed by atoms with Crippen molar-refractivity contribution in [3.8, 4) is 11.5 Å². The van der Waals surface area contributed by atoms with Gasteiger partial charge < -0.3 is 20.3 Å². The van der Waals surface area contributed by atoms with Crippen LogP contribution in [0.5, 0.6) is 11.5 Å². The monoisotopic (exact) mass is 225 g/mol. The van der Waals surface area contributed by atoms with Crippen molar-refractivity contribution in [2.75, 3.05) is 20.8 Å². The molecular formula is C12H19NO3. The number of methoxy groups -OCH3 is 2. The van der Waals surface area contributed by atoms with Gasteiger partial charge >= 0.3 is 0 Å². The Hall–Kier alpha value is -1.26. The van der Waals surface area contributed by atoms with E-state index in [1.807, 2.05) is 19.9 Å². The molecule has 0 aliphatic rings. The number of aliphatic hydroxyl groups excluding tert-OH is 1. The molecule has 4 heteroatoms. The van der Waals surface area contributed by atoms with E-state index in [0.29, 0.717) is 11.5 Å². The maximum absolute atomic E-state index is 9.17. The van der Waals surface area contributed by atoms with E-state index in [0.717, 1.165) is 16.7 Å². The Morgan fingerprint density at radius 2 is 1.94 bits per heavy atom. The van der Waals surface area contributed by atoms with Crippen molar-refractivity contribution in [2.45, 2.75) is 19.9 Å². The molecule has 0 aliphatic carbocycles. The number of hydrogen-bond acceptors (Lipinski definition) is 4. The van der Waals surface area contributed by atoms with Crippen LogP contribution in [-0.4, -0.2) is 25.9 Å². The van der Waals surface area contributed by atoms with Gasteiger partial charge in [0.25, 0.3) is 0 Å². The van der Waals surface area contributed by atoms with Crippen molar-refractivity contribution in [3.63, 3.8) is 0 Å². The van der Waals surface area contributed by atoms with Gasteiger partial charge in [-0.25, -0.2) is 0 Å². The first kappa shape index (κ1) is 12.8. The fourth-order valence-electron chi connectivity index (χ4n) is 1.79. The van der Waals surface area contributed by atoms with E-state index in [1.165, 1.54) is 0 Å². The van der Waals surface area contributed by atoms with Crippen LogP contribution in [0.2, 0.25) is 0 Å². The molecule has 0 aromatic heterocycles. The van der Waals surface area contributed by atoms with Crippen molar-refractivity contribution in [2.24, 2.45) is 5.73 Å². The maximum atomic E-state index is 9.17. The van der Waals surface area contributed by atoms with Crippen LogP contribution in [0, 0.1) is 13.8 Å². The number of benzene rings is 1. The molecule has 90 valence electrons. The minimum atomic E-state index is -0.455. The number of aliphatic hydroxyl groups is 1. The Balaban J connectivity index is 3.46. The molecule has 3 N–H and O–H groups in total. The van der Waals surface area contributed by atoms with E-state index in [1.54, 1.807) is 14.2 Å². The lowest BCUT2D eigenvalue weighted by atomic mass is 9.96. The molecular weight excluding hydrogens is 206 g/mol. The van der Waals surface area contributed by atoms with E-state index in [4.69, 9.17) is 20.3 Å². The third-order valence-electron chi connectivity index (χ3n) is 2.80. The Labute approximate surface area is 96.0 Å². The molecule has 1 aromatic rings. The minimum Gasteiger partial charge on any atom is -0.493 e. The molecule has 0 saturated carbocycles. The average molecular weight is 225 g/mol. The molecule has 1 atom stereocenters. The molecule has 1 rings (SSSR count). The van der Waals surface area contributed by atoms with Crippen LogP contribution in [0.25, 0.3) is 0 Å². The van der Waals surface area contributed by atoms with Crippen LogP contribution in [0.1, 0.15) is 22.7 Å². The second-order valence-corrected chi connectivity index (χ2v) is 3.76. The normalized spacial score (nSPS) is 12.4.